The van der Waals surface area contributed by atoms with Crippen LogP contribution in [0.3, 0.4) is 0 Å². The van der Waals surface area contributed by atoms with Gasteiger partial charge in [-0.3, -0.25) is 4.79 Å². The molecule has 122 valence electrons. The molecule has 1 aliphatic rings. The molecule has 2 aromatic rings. The maximum atomic E-state index is 11.9. The Bertz CT molecular complexity index is 799. The lowest BCUT2D eigenvalue weighted by atomic mass is 10.0. The van der Waals surface area contributed by atoms with Crippen molar-refractivity contribution >= 4 is 16.8 Å². The normalized spacial score (nSPS) is 15.4. The Morgan fingerprint density at radius 3 is 2.70 bits per heavy atom. The second-order valence-corrected chi connectivity index (χ2v) is 7.08. The number of benzene rings is 1. The topological polar surface area (TPSA) is 71.3 Å². The first-order valence-electron chi connectivity index (χ1n) is 7.62. The molecular weight excluding hydrogens is 312 g/mol. The van der Waals surface area contributed by atoms with Crippen LogP contribution in [0, 0.1) is 12.8 Å². The largest absolute Gasteiger partial charge is 0.384 e. The Kier molecular flexibility index (Phi) is 4.37. The molecule has 1 fully saturated rings. The minimum atomic E-state index is -2.03. The zero-order valence-electron chi connectivity index (χ0n) is 13.2. The van der Waals surface area contributed by atoms with Crippen LogP contribution in [0.1, 0.15) is 18.4 Å². The van der Waals surface area contributed by atoms with E-state index >= 15 is 0 Å². The molecule has 5 nitrogen and oxygen atoms in total. The summed E-state index contributed by atoms with van der Waals surface area (Å²) in [6.07, 6.45) is 4.26. The summed E-state index contributed by atoms with van der Waals surface area (Å²) in [5.41, 5.74) is 3.22. The Hall–Kier alpha value is -1.92. The van der Waals surface area contributed by atoms with Crippen LogP contribution in [0.5, 0.6) is 0 Å². The minimum absolute atomic E-state index is 0.0388. The van der Waals surface area contributed by atoms with Gasteiger partial charge in [0.1, 0.15) is 0 Å². The first kappa shape index (κ1) is 16.0. The van der Waals surface area contributed by atoms with Crippen molar-refractivity contribution in [1.29, 1.82) is 0 Å². The van der Waals surface area contributed by atoms with Crippen molar-refractivity contribution in [3.05, 3.63) is 46.4 Å². The molecule has 1 aromatic heterocycles. The van der Waals surface area contributed by atoms with E-state index in [0.29, 0.717) is 10.5 Å². The molecule has 1 saturated carbocycles. The van der Waals surface area contributed by atoms with E-state index in [2.05, 4.69) is 5.32 Å². The number of nitrogens with zero attached hydrogens (tertiary/aromatic N) is 1. The standard InChI is InChI=1S/C17H20N2O3S/c1-11-7-13(10-19(2)17(11)20)15-8-14(23(21)22)5-6-16(15)18-9-12-3-4-12/h5-8,10,12,18H,3-4,9H2,1-2H3,(H,21,22). The van der Waals surface area contributed by atoms with Crippen LogP contribution in [0.25, 0.3) is 11.1 Å². The summed E-state index contributed by atoms with van der Waals surface area (Å²) in [6, 6.07) is 7.03. The monoisotopic (exact) mass is 332 g/mol. The van der Waals surface area contributed by atoms with Gasteiger partial charge in [-0.2, -0.15) is 0 Å². The number of nitrogens with one attached hydrogen (secondary N) is 1. The van der Waals surface area contributed by atoms with Crippen molar-refractivity contribution in [3.8, 4) is 11.1 Å². The van der Waals surface area contributed by atoms with Gasteiger partial charge in [0.2, 0.25) is 0 Å². The predicted molar refractivity (Wildman–Crippen MR) is 92.1 cm³/mol. The van der Waals surface area contributed by atoms with E-state index in [-0.39, 0.29) is 5.56 Å². The number of pyridine rings is 1. The van der Waals surface area contributed by atoms with E-state index < -0.39 is 11.1 Å². The van der Waals surface area contributed by atoms with E-state index in [0.717, 1.165) is 29.3 Å². The van der Waals surface area contributed by atoms with Crippen molar-refractivity contribution in [2.75, 3.05) is 11.9 Å². The zero-order valence-corrected chi connectivity index (χ0v) is 14.0. The molecule has 0 spiro atoms. The Labute approximate surface area is 137 Å². The molecule has 23 heavy (non-hydrogen) atoms. The first-order chi connectivity index (χ1) is 11.0. The molecule has 0 aliphatic heterocycles. The predicted octanol–water partition coefficient (Wildman–Crippen LogP) is 2.76. The summed E-state index contributed by atoms with van der Waals surface area (Å²) in [5, 5.41) is 3.43. The molecule has 1 atom stereocenters. The molecule has 1 heterocycles. The highest BCUT2D eigenvalue weighted by Crippen LogP contribution is 2.33. The summed E-state index contributed by atoms with van der Waals surface area (Å²) in [6.45, 7) is 2.68. The third-order valence-electron chi connectivity index (χ3n) is 4.14. The molecule has 1 aromatic carbocycles. The first-order valence-corrected chi connectivity index (χ1v) is 8.73. The average Bonchev–Trinajstić information content (AvgIpc) is 3.34. The third kappa shape index (κ3) is 3.54. The minimum Gasteiger partial charge on any atom is -0.384 e. The lowest BCUT2D eigenvalue weighted by Crippen LogP contribution is -2.18. The molecule has 0 saturated heterocycles. The molecule has 0 radical (unpaired) electrons. The summed E-state index contributed by atoms with van der Waals surface area (Å²) in [4.78, 5) is 12.2. The van der Waals surface area contributed by atoms with E-state index in [9.17, 15) is 13.6 Å². The molecular formula is C17H20N2O3S. The molecule has 0 amide bonds. The molecule has 1 aliphatic carbocycles. The van der Waals surface area contributed by atoms with Crippen LogP contribution in [0.15, 0.2) is 40.2 Å². The highest BCUT2D eigenvalue weighted by Gasteiger charge is 2.21. The van der Waals surface area contributed by atoms with Crippen LogP contribution in [0.4, 0.5) is 5.69 Å². The second-order valence-electron chi connectivity index (χ2n) is 6.11. The number of hydrogen-bond donors (Lipinski definition) is 2. The molecule has 3 rings (SSSR count). The number of aromatic nitrogens is 1. The van der Waals surface area contributed by atoms with Gasteiger partial charge in [-0.05, 0) is 49.9 Å². The fraction of sp³-hybridized carbons (Fsp3) is 0.353. The van der Waals surface area contributed by atoms with E-state index in [1.165, 1.54) is 17.4 Å². The van der Waals surface area contributed by atoms with Crippen LogP contribution in [-0.2, 0) is 18.1 Å². The van der Waals surface area contributed by atoms with Crippen LogP contribution >= 0.6 is 0 Å². The summed E-state index contributed by atoms with van der Waals surface area (Å²) in [5.74, 6) is 0.719. The lowest BCUT2D eigenvalue weighted by molar-refractivity contribution is 0.564. The lowest BCUT2D eigenvalue weighted by Gasteiger charge is -2.14. The third-order valence-corrected chi connectivity index (χ3v) is 4.80. The van der Waals surface area contributed by atoms with Crippen LogP contribution < -0.4 is 10.9 Å². The van der Waals surface area contributed by atoms with E-state index in [1.54, 1.807) is 32.3 Å². The SMILES string of the molecule is Cc1cc(-c2cc(S(=O)O)ccc2NCC2CC2)cn(C)c1=O. The van der Waals surface area contributed by atoms with Gasteiger partial charge >= 0.3 is 0 Å². The van der Waals surface area contributed by atoms with Gasteiger partial charge in [0.15, 0.2) is 11.1 Å². The Balaban J connectivity index is 2.07. The van der Waals surface area contributed by atoms with Gasteiger partial charge < -0.3 is 14.4 Å². The Morgan fingerprint density at radius 1 is 1.35 bits per heavy atom. The fourth-order valence-electron chi connectivity index (χ4n) is 2.63. The highest BCUT2D eigenvalue weighted by atomic mass is 32.2. The van der Waals surface area contributed by atoms with Crippen molar-refractivity contribution in [1.82, 2.24) is 4.57 Å². The maximum Gasteiger partial charge on any atom is 0.253 e. The number of anilines is 1. The van der Waals surface area contributed by atoms with Crippen molar-refractivity contribution in [2.45, 2.75) is 24.7 Å². The quantitative estimate of drug-likeness (QED) is 0.826. The second kappa shape index (κ2) is 6.29. The van der Waals surface area contributed by atoms with Gasteiger partial charge in [0.25, 0.3) is 5.56 Å². The fourth-order valence-corrected chi connectivity index (χ4v) is 3.03. The molecule has 1 unspecified atom stereocenters. The number of hydrogen-bond acceptors (Lipinski definition) is 3. The summed E-state index contributed by atoms with van der Waals surface area (Å²) < 4.78 is 22.3. The zero-order chi connectivity index (χ0) is 16.6. The van der Waals surface area contributed by atoms with E-state index in [4.69, 9.17) is 0 Å². The smallest absolute Gasteiger partial charge is 0.253 e. The Morgan fingerprint density at radius 2 is 2.09 bits per heavy atom. The van der Waals surface area contributed by atoms with Gasteiger partial charge in [0.05, 0.1) is 4.90 Å². The van der Waals surface area contributed by atoms with Crippen molar-refractivity contribution in [2.24, 2.45) is 13.0 Å². The summed E-state index contributed by atoms with van der Waals surface area (Å²) >= 11 is -2.03. The number of aryl methyl sites for hydroxylation is 2. The number of rotatable bonds is 5. The van der Waals surface area contributed by atoms with Crippen LogP contribution in [0.2, 0.25) is 0 Å². The van der Waals surface area contributed by atoms with Crippen molar-refractivity contribution < 1.29 is 8.76 Å². The van der Waals surface area contributed by atoms with Gasteiger partial charge in [0, 0.05) is 42.2 Å². The summed E-state index contributed by atoms with van der Waals surface area (Å²) in [7, 11) is 1.71. The molecule has 6 heteroatoms. The van der Waals surface area contributed by atoms with Crippen LogP contribution in [-0.4, -0.2) is 19.9 Å². The molecule has 2 N–H and O–H groups in total. The van der Waals surface area contributed by atoms with Gasteiger partial charge in [-0.15, -0.1) is 0 Å². The highest BCUT2D eigenvalue weighted by molar-refractivity contribution is 7.79. The van der Waals surface area contributed by atoms with Gasteiger partial charge in [-0.1, -0.05) is 0 Å². The van der Waals surface area contributed by atoms with Gasteiger partial charge in [-0.25, -0.2) is 4.21 Å². The maximum absolute atomic E-state index is 11.9. The molecule has 0 bridgehead atoms. The van der Waals surface area contributed by atoms with Crippen molar-refractivity contribution in [3.63, 3.8) is 0 Å². The average molecular weight is 332 g/mol. The van der Waals surface area contributed by atoms with E-state index in [1.807, 2.05) is 12.1 Å².